The summed E-state index contributed by atoms with van der Waals surface area (Å²) in [5.41, 5.74) is 1.76. The quantitative estimate of drug-likeness (QED) is 0.740. The number of aromatic nitrogens is 1. The first-order valence-corrected chi connectivity index (χ1v) is 7.04. The molecule has 1 aromatic carbocycles. The molecule has 1 aliphatic carbocycles. The van der Waals surface area contributed by atoms with Gasteiger partial charge in [0.1, 0.15) is 0 Å². The molecule has 2 aromatic rings. The van der Waals surface area contributed by atoms with Crippen molar-refractivity contribution in [1.29, 1.82) is 0 Å². The number of hydrogen-bond donors (Lipinski definition) is 0. The van der Waals surface area contributed by atoms with E-state index in [2.05, 4.69) is 36.2 Å². The maximum atomic E-state index is 4.63. The maximum Gasteiger partial charge on any atom is 0.151 e. The Morgan fingerprint density at radius 3 is 2.93 bits per heavy atom. The zero-order valence-corrected chi connectivity index (χ0v) is 10.3. The van der Waals surface area contributed by atoms with Gasteiger partial charge < -0.3 is 0 Å². The minimum absolute atomic E-state index is 0.614. The first kappa shape index (κ1) is 9.67. The van der Waals surface area contributed by atoms with Crippen molar-refractivity contribution in [2.75, 3.05) is 5.75 Å². The summed E-state index contributed by atoms with van der Waals surface area (Å²) in [7, 11) is 0. The van der Waals surface area contributed by atoms with Crippen LogP contribution in [0.5, 0.6) is 0 Å². The predicted octanol–water partition coefficient (Wildman–Crippen LogP) is 4.19. The Bertz CT molecular complexity index is 452. The fraction of sp³-hybridized carbons (Fsp3) is 0.417. The second-order valence-corrected chi connectivity index (χ2v) is 6.80. The molecular weight excluding hydrogens is 222 g/mol. The second kappa shape index (κ2) is 3.49. The molecule has 1 heterocycles. The van der Waals surface area contributed by atoms with Crippen LogP contribution >= 0.6 is 23.1 Å². The van der Waals surface area contributed by atoms with E-state index in [4.69, 9.17) is 0 Å². The van der Waals surface area contributed by atoms with Crippen molar-refractivity contribution in [3.8, 4) is 0 Å². The molecule has 3 heteroatoms. The van der Waals surface area contributed by atoms with Crippen LogP contribution < -0.4 is 0 Å². The molecule has 15 heavy (non-hydrogen) atoms. The number of fused-ring (bicyclic) bond motifs is 1. The minimum atomic E-state index is 0.614. The standard InChI is InChI=1S/C12H13NS2/c1-12(6-7-12)8-14-11-13-9-4-2-3-5-10(9)15-11/h2-5H,6-8H2,1H3. The summed E-state index contributed by atoms with van der Waals surface area (Å²) in [6.45, 7) is 2.37. The Labute approximate surface area is 97.9 Å². The molecule has 0 spiro atoms. The van der Waals surface area contributed by atoms with E-state index in [1.165, 1.54) is 27.6 Å². The van der Waals surface area contributed by atoms with Crippen LogP contribution in [0.4, 0.5) is 0 Å². The van der Waals surface area contributed by atoms with Crippen molar-refractivity contribution in [2.45, 2.75) is 24.1 Å². The van der Waals surface area contributed by atoms with Gasteiger partial charge in [-0.05, 0) is 30.4 Å². The number of thiazole rings is 1. The largest absolute Gasteiger partial charge is 0.230 e. The van der Waals surface area contributed by atoms with Gasteiger partial charge in [0, 0.05) is 5.75 Å². The lowest BCUT2D eigenvalue weighted by Crippen LogP contribution is -1.95. The van der Waals surface area contributed by atoms with Crippen LogP contribution in [0.1, 0.15) is 19.8 Å². The van der Waals surface area contributed by atoms with E-state index in [0.717, 1.165) is 5.52 Å². The number of para-hydroxylation sites is 1. The molecule has 0 aliphatic heterocycles. The Morgan fingerprint density at radius 2 is 2.20 bits per heavy atom. The van der Waals surface area contributed by atoms with Gasteiger partial charge in [-0.15, -0.1) is 11.3 Å². The van der Waals surface area contributed by atoms with Crippen LogP contribution in [0.15, 0.2) is 28.6 Å². The highest BCUT2D eigenvalue weighted by Crippen LogP contribution is 2.49. The van der Waals surface area contributed by atoms with Gasteiger partial charge in [0.25, 0.3) is 0 Å². The zero-order valence-electron chi connectivity index (χ0n) is 8.69. The first-order valence-electron chi connectivity index (χ1n) is 5.24. The third kappa shape index (κ3) is 2.04. The highest BCUT2D eigenvalue weighted by molar-refractivity contribution is 8.01. The van der Waals surface area contributed by atoms with E-state index >= 15 is 0 Å². The van der Waals surface area contributed by atoms with Gasteiger partial charge >= 0.3 is 0 Å². The van der Waals surface area contributed by atoms with Crippen LogP contribution in [-0.2, 0) is 0 Å². The van der Waals surface area contributed by atoms with Crippen molar-refractivity contribution in [1.82, 2.24) is 4.98 Å². The molecule has 0 saturated heterocycles. The smallest absolute Gasteiger partial charge is 0.151 e. The van der Waals surface area contributed by atoms with Crippen LogP contribution in [-0.4, -0.2) is 10.7 Å². The van der Waals surface area contributed by atoms with E-state index in [-0.39, 0.29) is 0 Å². The molecule has 0 radical (unpaired) electrons. The third-order valence-corrected chi connectivity index (χ3v) is 5.54. The van der Waals surface area contributed by atoms with E-state index in [9.17, 15) is 0 Å². The van der Waals surface area contributed by atoms with Crippen molar-refractivity contribution >= 4 is 33.3 Å². The van der Waals surface area contributed by atoms with Gasteiger partial charge in [-0.3, -0.25) is 0 Å². The Hall–Kier alpha value is -0.540. The average molecular weight is 235 g/mol. The average Bonchev–Trinajstić information content (AvgIpc) is 2.83. The van der Waals surface area contributed by atoms with E-state index in [1.54, 1.807) is 0 Å². The fourth-order valence-corrected chi connectivity index (χ4v) is 3.81. The van der Waals surface area contributed by atoms with Crippen LogP contribution in [0.25, 0.3) is 10.2 Å². The second-order valence-electron chi connectivity index (χ2n) is 4.55. The molecule has 1 aliphatic rings. The lowest BCUT2D eigenvalue weighted by molar-refractivity contribution is 0.666. The van der Waals surface area contributed by atoms with Crippen molar-refractivity contribution in [3.63, 3.8) is 0 Å². The van der Waals surface area contributed by atoms with Crippen molar-refractivity contribution in [2.24, 2.45) is 5.41 Å². The van der Waals surface area contributed by atoms with Gasteiger partial charge in [0.15, 0.2) is 4.34 Å². The highest BCUT2D eigenvalue weighted by atomic mass is 32.2. The van der Waals surface area contributed by atoms with E-state index in [1.807, 2.05) is 23.1 Å². The normalized spacial score (nSPS) is 18.2. The van der Waals surface area contributed by atoms with Gasteiger partial charge in [-0.1, -0.05) is 30.8 Å². The Kier molecular flexibility index (Phi) is 2.25. The topological polar surface area (TPSA) is 12.9 Å². The summed E-state index contributed by atoms with van der Waals surface area (Å²) in [5, 5.41) is 0. The highest BCUT2D eigenvalue weighted by Gasteiger charge is 2.37. The number of hydrogen-bond acceptors (Lipinski definition) is 3. The lowest BCUT2D eigenvalue weighted by Gasteiger charge is -2.03. The third-order valence-electron chi connectivity index (χ3n) is 2.92. The molecule has 1 saturated carbocycles. The SMILES string of the molecule is CC1(CSc2nc3ccccc3s2)CC1. The summed E-state index contributed by atoms with van der Waals surface area (Å²) in [4.78, 5) is 4.63. The molecule has 0 unspecified atom stereocenters. The summed E-state index contributed by atoms with van der Waals surface area (Å²) in [5.74, 6) is 1.23. The van der Waals surface area contributed by atoms with E-state index < -0.39 is 0 Å². The number of thioether (sulfide) groups is 1. The summed E-state index contributed by atoms with van der Waals surface area (Å²) < 4.78 is 2.53. The molecule has 1 aromatic heterocycles. The summed E-state index contributed by atoms with van der Waals surface area (Å²) in [6, 6.07) is 8.38. The van der Waals surface area contributed by atoms with Gasteiger partial charge in [-0.25, -0.2) is 4.98 Å². The van der Waals surface area contributed by atoms with Crippen LogP contribution in [0, 0.1) is 5.41 Å². The molecule has 1 fully saturated rings. The molecule has 0 atom stereocenters. The number of benzene rings is 1. The van der Waals surface area contributed by atoms with Gasteiger partial charge in [0.2, 0.25) is 0 Å². The number of rotatable bonds is 3. The fourth-order valence-electron chi connectivity index (χ4n) is 1.51. The summed E-state index contributed by atoms with van der Waals surface area (Å²) in [6.07, 6.45) is 2.79. The molecule has 0 amide bonds. The Balaban J connectivity index is 1.79. The minimum Gasteiger partial charge on any atom is -0.230 e. The molecule has 78 valence electrons. The van der Waals surface area contributed by atoms with Crippen LogP contribution in [0.2, 0.25) is 0 Å². The van der Waals surface area contributed by atoms with Crippen LogP contribution in [0.3, 0.4) is 0 Å². The van der Waals surface area contributed by atoms with Gasteiger partial charge in [-0.2, -0.15) is 0 Å². The zero-order chi connectivity index (χ0) is 10.3. The molecule has 3 rings (SSSR count). The summed E-state index contributed by atoms with van der Waals surface area (Å²) >= 11 is 3.74. The Morgan fingerprint density at radius 1 is 1.40 bits per heavy atom. The maximum absolute atomic E-state index is 4.63. The monoisotopic (exact) mass is 235 g/mol. The molecular formula is C12H13NS2. The van der Waals surface area contributed by atoms with E-state index in [0.29, 0.717) is 5.41 Å². The first-order chi connectivity index (χ1) is 7.25. The predicted molar refractivity (Wildman–Crippen MR) is 67.7 cm³/mol. The molecule has 0 N–H and O–H groups in total. The van der Waals surface area contributed by atoms with Crippen molar-refractivity contribution < 1.29 is 0 Å². The van der Waals surface area contributed by atoms with Gasteiger partial charge in [0.05, 0.1) is 10.2 Å². The number of nitrogens with zero attached hydrogens (tertiary/aromatic N) is 1. The molecule has 0 bridgehead atoms. The lowest BCUT2D eigenvalue weighted by atomic mass is 10.2. The van der Waals surface area contributed by atoms with Crippen molar-refractivity contribution in [3.05, 3.63) is 24.3 Å². The molecule has 1 nitrogen and oxygen atoms in total.